The number of hydrogen-bond acceptors (Lipinski definition) is 5. The fourth-order valence-electron chi connectivity index (χ4n) is 2.49. The maximum Gasteiger partial charge on any atom is 0.266 e. The Bertz CT molecular complexity index is 922. The number of nitrogens with one attached hydrogen (secondary N) is 1. The summed E-state index contributed by atoms with van der Waals surface area (Å²) in [4.78, 5) is 12.4. The van der Waals surface area contributed by atoms with Crippen LogP contribution < -0.4 is 10.1 Å². The minimum absolute atomic E-state index is 0.00271. The van der Waals surface area contributed by atoms with Crippen molar-refractivity contribution in [1.82, 2.24) is 10.3 Å². The molecule has 0 bridgehead atoms. The van der Waals surface area contributed by atoms with Crippen LogP contribution in [0.5, 0.6) is 5.75 Å². The minimum atomic E-state index is -0.935. The van der Waals surface area contributed by atoms with E-state index in [1.54, 1.807) is 12.1 Å². The van der Waals surface area contributed by atoms with Crippen molar-refractivity contribution in [2.24, 2.45) is 0 Å². The van der Waals surface area contributed by atoms with E-state index in [9.17, 15) is 9.18 Å². The molecular formula is C20H20FN3O3. The van der Waals surface area contributed by atoms with Gasteiger partial charge in [0.1, 0.15) is 0 Å². The number of hydrogen-bond donors (Lipinski definition) is 1. The van der Waals surface area contributed by atoms with Crippen LogP contribution in [0.15, 0.2) is 53.2 Å². The Hall–Kier alpha value is -3.22. The van der Waals surface area contributed by atoms with Crippen LogP contribution >= 0.6 is 0 Å². The van der Waals surface area contributed by atoms with Gasteiger partial charge >= 0.3 is 0 Å². The highest BCUT2D eigenvalue weighted by Gasteiger charge is 2.21. The molecule has 0 spiro atoms. The van der Waals surface area contributed by atoms with Crippen LogP contribution in [-0.2, 0) is 4.79 Å². The van der Waals surface area contributed by atoms with Gasteiger partial charge in [0, 0.05) is 5.56 Å². The van der Waals surface area contributed by atoms with E-state index < -0.39 is 17.8 Å². The second kappa shape index (κ2) is 7.99. The maximum atomic E-state index is 13.7. The summed E-state index contributed by atoms with van der Waals surface area (Å²) in [6, 6.07) is 13.7. The van der Waals surface area contributed by atoms with E-state index >= 15 is 0 Å². The van der Waals surface area contributed by atoms with Gasteiger partial charge in [-0.2, -0.15) is 0 Å². The predicted molar refractivity (Wildman–Crippen MR) is 98.9 cm³/mol. The molecule has 1 atom stereocenters. The molecule has 7 heteroatoms. The Balaban J connectivity index is 1.72. The third kappa shape index (κ3) is 4.31. The van der Waals surface area contributed by atoms with Crippen molar-refractivity contribution in [2.75, 3.05) is 5.32 Å². The molecule has 0 fully saturated rings. The van der Waals surface area contributed by atoms with Crippen LogP contribution in [0.2, 0.25) is 0 Å². The molecule has 1 N–H and O–H groups in total. The fourth-order valence-corrected chi connectivity index (χ4v) is 2.49. The zero-order valence-corrected chi connectivity index (χ0v) is 15.3. The van der Waals surface area contributed by atoms with E-state index in [1.807, 2.05) is 24.3 Å². The predicted octanol–water partition coefficient (Wildman–Crippen LogP) is 4.41. The molecule has 0 aliphatic rings. The first-order chi connectivity index (χ1) is 13.0. The van der Waals surface area contributed by atoms with Crippen molar-refractivity contribution >= 4 is 11.7 Å². The van der Waals surface area contributed by atoms with E-state index in [-0.39, 0.29) is 11.6 Å². The maximum absolute atomic E-state index is 13.7. The van der Waals surface area contributed by atoms with E-state index in [1.165, 1.54) is 24.6 Å². The Kier molecular flexibility index (Phi) is 5.49. The second-order valence-corrected chi connectivity index (χ2v) is 6.42. The quantitative estimate of drug-likeness (QED) is 0.697. The van der Waals surface area contributed by atoms with Gasteiger partial charge in [-0.1, -0.05) is 50.2 Å². The summed E-state index contributed by atoms with van der Waals surface area (Å²) >= 11 is 0. The lowest BCUT2D eigenvalue weighted by molar-refractivity contribution is -0.122. The Labute approximate surface area is 156 Å². The van der Waals surface area contributed by atoms with E-state index in [0.29, 0.717) is 11.6 Å². The number of nitrogens with zero attached hydrogens (tertiary/aromatic N) is 2. The molecule has 0 saturated heterocycles. The summed E-state index contributed by atoms with van der Waals surface area (Å²) in [5.41, 5.74) is 2.36. The standard InChI is InChI=1S/C20H20FN3O3/c1-12(2)14-8-10-15(11-9-14)18-19(24-27-23-18)22-20(25)13(3)26-17-7-5-4-6-16(17)21/h4-13H,1-3H3,(H,22,24,25). The van der Waals surface area contributed by atoms with Crippen molar-refractivity contribution < 1.29 is 18.6 Å². The number of benzene rings is 2. The van der Waals surface area contributed by atoms with Crippen LogP contribution in [0.3, 0.4) is 0 Å². The third-order valence-corrected chi connectivity index (χ3v) is 4.09. The summed E-state index contributed by atoms with van der Waals surface area (Å²) in [6.45, 7) is 5.73. The van der Waals surface area contributed by atoms with Gasteiger partial charge in [-0.05, 0) is 40.9 Å². The van der Waals surface area contributed by atoms with E-state index in [0.717, 1.165) is 5.56 Å². The highest BCUT2D eigenvalue weighted by Crippen LogP contribution is 2.26. The molecule has 1 heterocycles. The van der Waals surface area contributed by atoms with Crippen molar-refractivity contribution in [2.45, 2.75) is 32.8 Å². The molecule has 6 nitrogen and oxygen atoms in total. The van der Waals surface area contributed by atoms with Gasteiger partial charge in [-0.15, -0.1) is 0 Å². The summed E-state index contributed by atoms with van der Waals surface area (Å²) in [6.07, 6.45) is -0.935. The highest BCUT2D eigenvalue weighted by atomic mass is 19.1. The zero-order chi connectivity index (χ0) is 19.4. The molecular weight excluding hydrogens is 349 g/mol. The number of para-hydroxylation sites is 1. The molecule has 1 aromatic heterocycles. The van der Waals surface area contributed by atoms with E-state index in [2.05, 4.69) is 29.5 Å². The normalized spacial score (nSPS) is 12.0. The average Bonchev–Trinajstić information content (AvgIpc) is 3.11. The van der Waals surface area contributed by atoms with Gasteiger partial charge in [-0.25, -0.2) is 9.02 Å². The third-order valence-electron chi connectivity index (χ3n) is 4.09. The SMILES string of the molecule is CC(Oc1ccccc1F)C(=O)Nc1nonc1-c1ccc(C(C)C)cc1. The fraction of sp³-hybridized carbons (Fsp3) is 0.250. The number of halogens is 1. The van der Waals surface area contributed by atoms with Crippen LogP contribution in [0.4, 0.5) is 10.2 Å². The number of carbonyl (C=O) groups is 1. The number of aromatic nitrogens is 2. The highest BCUT2D eigenvalue weighted by molar-refractivity contribution is 5.95. The first-order valence-electron chi connectivity index (χ1n) is 8.60. The lowest BCUT2D eigenvalue weighted by atomic mass is 10.0. The van der Waals surface area contributed by atoms with Crippen LogP contribution in [-0.4, -0.2) is 22.3 Å². The molecule has 2 aromatic carbocycles. The smallest absolute Gasteiger partial charge is 0.266 e. The van der Waals surface area contributed by atoms with Gasteiger partial charge in [0.2, 0.25) is 5.82 Å². The topological polar surface area (TPSA) is 77.2 Å². The second-order valence-electron chi connectivity index (χ2n) is 6.42. The molecule has 1 unspecified atom stereocenters. The lowest BCUT2D eigenvalue weighted by Crippen LogP contribution is -2.30. The number of carbonyl (C=O) groups excluding carboxylic acids is 1. The molecule has 27 heavy (non-hydrogen) atoms. The van der Waals surface area contributed by atoms with Gasteiger partial charge in [0.15, 0.2) is 23.4 Å². The van der Waals surface area contributed by atoms with Crippen molar-refractivity contribution in [1.29, 1.82) is 0 Å². The van der Waals surface area contributed by atoms with Crippen LogP contribution in [0, 0.1) is 5.82 Å². The molecule has 0 aliphatic carbocycles. The average molecular weight is 369 g/mol. The van der Waals surface area contributed by atoms with Crippen molar-refractivity contribution in [3.63, 3.8) is 0 Å². The largest absolute Gasteiger partial charge is 0.478 e. The Morgan fingerprint density at radius 3 is 2.44 bits per heavy atom. The van der Waals surface area contributed by atoms with Gasteiger partial charge in [0.05, 0.1) is 0 Å². The summed E-state index contributed by atoms with van der Waals surface area (Å²) in [5.74, 6) is -0.436. The summed E-state index contributed by atoms with van der Waals surface area (Å²) in [5, 5.41) is 10.2. The molecule has 0 radical (unpaired) electrons. The molecule has 140 valence electrons. The first-order valence-corrected chi connectivity index (χ1v) is 8.60. The molecule has 3 rings (SSSR count). The molecule has 3 aromatic rings. The van der Waals surface area contributed by atoms with Crippen molar-refractivity contribution in [3.05, 3.63) is 59.9 Å². The lowest BCUT2D eigenvalue weighted by Gasteiger charge is -2.14. The monoisotopic (exact) mass is 369 g/mol. The van der Waals surface area contributed by atoms with Gasteiger partial charge in [-0.3, -0.25) is 4.79 Å². The Morgan fingerprint density at radius 1 is 1.07 bits per heavy atom. The van der Waals surface area contributed by atoms with Crippen molar-refractivity contribution in [3.8, 4) is 17.0 Å². The number of rotatable bonds is 6. The number of ether oxygens (including phenoxy) is 1. The number of amides is 1. The summed E-state index contributed by atoms with van der Waals surface area (Å²) in [7, 11) is 0. The summed E-state index contributed by atoms with van der Waals surface area (Å²) < 4.78 is 23.8. The van der Waals surface area contributed by atoms with Gasteiger partial charge in [0.25, 0.3) is 5.91 Å². The minimum Gasteiger partial charge on any atom is -0.478 e. The van der Waals surface area contributed by atoms with Crippen LogP contribution in [0.25, 0.3) is 11.3 Å². The molecule has 0 saturated carbocycles. The number of anilines is 1. The van der Waals surface area contributed by atoms with Gasteiger partial charge < -0.3 is 10.1 Å². The molecule has 1 amide bonds. The zero-order valence-electron chi connectivity index (χ0n) is 15.3. The Morgan fingerprint density at radius 2 is 1.78 bits per heavy atom. The first kappa shape index (κ1) is 18.6. The molecule has 0 aliphatic heterocycles. The van der Waals surface area contributed by atoms with Crippen LogP contribution in [0.1, 0.15) is 32.3 Å². The van der Waals surface area contributed by atoms with E-state index in [4.69, 9.17) is 9.37 Å².